The third-order valence-electron chi connectivity index (χ3n) is 6.79. The molecule has 4 aromatic rings. The van der Waals surface area contributed by atoms with Gasteiger partial charge >= 0.3 is 0 Å². The monoisotopic (exact) mass is 524 g/mol. The molecule has 1 aliphatic carbocycles. The van der Waals surface area contributed by atoms with Gasteiger partial charge in [0, 0.05) is 13.0 Å². The summed E-state index contributed by atoms with van der Waals surface area (Å²) in [5.74, 6) is 0.829. The van der Waals surface area contributed by atoms with Crippen molar-refractivity contribution in [3.63, 3.8) is 0 Å². The topological polar surface area (TPSA) is 103 Å². The van der Waals surface area contributed by atoms with Crippen molar-refractivity contribution >= 4 is 28.2 Å². The minimum atomic E-state index is -0.553. The van der Waals surface area contributed by atoms with E-state index < -0.39 is 11.9 Å². The lowest BCUT2D eigenvalue weighted by Crippen LogP contribution is -2.17. The van der Waals surface area contributed by atoms with Gasteiger partial charge in [0.25, 0.3) is 0 Å². The summed E-state index contributed by atoms with van der Waals surface area (Å²) in [5, 5.41) is 3.77. The Morgan fingerprint density at radius 2 is 2.08 bits per heavy atom. The Hall–Kier alpha value is -4.56. The van der Waals surface area contributed by atoms with Gasteiger partial charge in [-0.15, -0.1) is 0 Å². The van der Waals surface area contributed by atoms with Gasteiger partial charge in [0.2, 0.25) is 5.43 Å². The number of allylic oxidation sites excluding steroid dienone is 4. The maximum atomic E-state index is 14.2. The van der Waals surface area contributed by atoms with Crippen LogP contribution in [0.3, 0.4) is 0 Å². The number of fused-ring (bicyclic) bond motifs is 1. The molecule has 0 saturated carbocycles. The molecule has 39 heavy (non-hydrogen) atoms. The molecule has 0 saturated heterocycles. The lowest BCUT2D eigenvalue weighted by molar-refractivity contribution is 0.170. The number of nitrogens with zero attached hydrogens (tertiary/aromatic N) is 2. The van der Waals surface area contributed by atoms with Crippen molar-refractivity contribution in [2.45, 2.75) is 19.4 Å². The zero-order valence-electron chi connectivity index (χ0n) is 21.8. The van der Waals surface area contributed by atoms with Crippen LogP contribution in [0.4, 0.5) is 16.0 Å². The number of nitrogens with two attached hydrogens (primary N) is 1. The van der Waals surface area contributed by atoms with Gasteiger partial charge in [-0.2, -0.15) is 0 Å². The number of rotatable bonds is 8. The van der Waals surface area contributed by atoms with Crippen LogP contribution < -0.4 is 16.5 Å². The SMILES string of the molecule is C=C(C1=CC=CC(COC)C1)c1c(N)ncnc1NC(C)c1oc2ccccc2c(=O)c1-c1cccc(F)c1. The number of para-hydroxylation sites is 1. The first-order valence-electron chi connectivity index (χ1n) is 12.6. The van der Waals surface area contributed by atoms with E-state index in [1.807, 2.05) is 19.1 Å². The molecule has 1 aliphatic rings. The Morgan fingerprint density at radius 3 is 2.87 bits per heavy atom. The van der Waals surface area contributed by atoms with Crippen LogP contribution in [-0.4, -0.2) is 23.7 Å². The number of methoxy groups -OCH3 is 1. The van der Waals surface area contributed by atoms with Crippen molar-refractivity contribution in [1.29, 1.82) is 0 Å². The van der Waals surface area contributed by atoms with Gasteiger partial charge in [-0.3, -0.25) is 4.79 Å². The highest BCUT2D eigenvalue weighted by molar-refractivity contribution is 5.89. The van der Waals surface area contributed by atoms with E-state index in [1.165, 1.54) is 18.5 Å². The largest absolute Gasteiger partial charge is 0.458 e. The minimum absolute atomic E-state index is 0.216. The first-order valence-corrected chi connectivity index (χ1v) is 12.6. The molecule has 7 nitrogen and oxygen atoms in total. The molecule has 0 amide bonds. The first-order chi connectivity index (χ1) is 18.9. The Labute approximate surface area is 225 Å². The molecule has 2 atom stereocenters. The Kier molecular flexibility index (Phi) is 7.38. The Bertz CT molecular complexity index is 1670. The molecule has 2 heterocycles. The molecular formula is C31H29FN4O3. The summed E-state index contributed by atoms with van der Waals surface area (Å²) in [7, 11) is 1.68. The molecule has 2 aromatic carbocycles. The number of hydrogen-bond acceptors (Lipinski definition) is 7. The number of anilines is 2. The second kappa shape index (κ2) is 11.0. The maximum absolute atomic E-state index is 14.2. The highest BCUT2D eigenvalue weighted by Gasteiger charge is 2.25. The van der Waals surface area contributed by atoms with Crippen LogP contribution in [0.1, 0.15) is 30.7 Å². The van der Waals surface area contributed by atoms with Crippen molar-refractivity contribution < 1.29 is 13.5 Å². The molecule has 0 spiro atoms. The van der Waals surface area contributed by atoms with Crippen LogP contribution in [0.15, 0.2) is 94.5 Å². The highest BCUT2D eigenvalue weighted by atomic mass is 19.1. The van der Waals surface area contributed by atoms with Crippen LogP contribution in [0.5, 0.6) is 0 Å². The maximum Gasteiger partial charge on any atom is 0.200 e. The zero-order chi connectivity index (χ0) is 27.5. The number of nitrogens with one attached hydrogen (secondary N) is 1. The quantitative estimate of drug-likeness (QED) is 0.279. The minimum Gasteiger partial charge on any atom is -0.458 e. The van der Waals surface area contributed by atoms with Crippen molar-refractivity contribution in [3.8, 4) is 11.1 Å². The fourth-order valence-electron chi connectivity index (χ4n) is 4.92. The van der Waals surface area contributed by atoms with Gasteiger partial charge in [-0.25, -0.2) is 14.4 Å². The lowest BCUT2D eigenvalue weighted by atomic mass is 9.88. The molecule has 0 bridgehead atoms. The third-order valence-corrected chi connectivity index (χ3v) is 6.79. The average Bonchev–Trinajstić information content (AvgIpc) is 2.93. The fraction of sp³-hybridized carbons (Fsp3) is 0.194. The summed E-state index contributed by atoms with van der Waals surface area (Å²) in [5.41, 5.74) is 9.47. The first kappa shape index (κ1) is 26.1. The van der Waals surface area contributed by atoms with Crippen LogP contribution in [-0.2, 0) is 4.74 Å². The molecule has 8 heteroatoms. The fourth-order valence-corrected chi connectivity index (χ4v) is 4.92. The molecule has 3 N–H and O–H groups in total. The van der Waals surface area contributed by atoms with E-state index >= 15 is 0 Å². The second-order valence-corrected chi connectivity index (χ2v) is 9.50. The Balaban J connectivity index is 1.57. The predicted molar refractivity (Wildman–Crippen MR) is 153 cm³/mol. The van der Waals surface area contributed by atoms with Gasteiger partial charge in [0.1, 0.15) is 35.1 Å². The molecule has 5 rings (SSSR count). The van der Waals surface area contributed by atoms with Crippen molar-refractivity contribution in [3.05, 3.63) is 113 Å². The van der Waals surface area contributed by atoms with E-state index in [1.54, 1.807) is 43.5 Å². The standard InChI is InChI=1S/C31H29FN4O3/c1-18(21-9-6-8-20(14-21)16-38-3)26-30(33)34-17-35-31(26)36-19(2)29-27(22-10-7-11-23(32)15-22)28(37)24-12-4-5-13-25(24)39-29/h4-13,15,17,19-20H,1,14,16H2,2-3H3,(H3,33,34,35,36). The van der Waals surface area contributed by atoms with E-state index in [0.29, 0.717) is 45.9 Å². The number of nitrogen functional groups attached to an aromatic ring is 1. The molecule has 0 radical (unpaired) electrons. The van der Waals surface area contributed by atoms with Gasteiger partial charge in [-0.1, -0.05) is 49.1 Å². The number of benzene rings is 2. The van der Waals surface area contributed by atoms with Gasteiger partial charge in [0.05, 0.1) is 29.2 Å². The van der Waals surface area contributed by atoms with E-state index in [2.05, 4.69) is 27.9 Å². The number of ether oxygens (including phenoxy) is 1. The van der Waals surface area contributed by atoms with E-state index in [9.17, 15) is 9.18 Å². The van der Waals surface area contributed by atoms with Crippen molar-refractivity contribution in [2.75, 3.05) is 24.8 Å². The summed E-state index contributed by atoms with van der Waals surface area (Å²) in [6, 6.07) is 12.4. The van der Waals surface area contributed by atoms with Gasteiger partial charge in [-0.05, 0) is 54.3 Å². The second-order valence-electron chi connectivity index (χ2n) is 9.50. The summed E-state index contributed by atoms with van der Waals surface area (Å²) >= 11 is 0. The molecule has 198 valence electrons. The highest BCUT2D eigenvalue weighted by Crippen LogP contribution is 2.37. The predicted octanol–water partition coefficient (Wildman–Crippen LogP) is 6.31. The third kappa shape index (κ3) is 5.24. The average molecular weight is 525 g/mol. The smallest absolute Gasteiger partial charge is 0.200 e. The van der Waals surface area contributed by atoms with E-state index in [0.717, 1.165) is 12.0 Å². The number of aromatic nitrogens is 2. The molecule has 2 aromatic heterocycles. The lowest BCUT2D eigenvalue weighted by Gasteiger charge is -2.23. The van der Waals surface area contributed by atoms with Gasteiger partial charge in [0.15, 0.2) is 0 Å². The molecule has 0 aliphatic heterocycles. The van der Waals surface area contributed by atoms with Crippen molar-refractivity contribution in [2.24, 2.45) is 5.92 Å². The number of halogens is 1. The molecule has 0 fully saturated rings. The van der Waals surface area contributed by atoms with Gasteiger partial charge < -0.3 is 20.2 Å². The Morgan fingerprint density at radius 1 is 1.26 bits per heavy atom. The van der Waals surface area contributed by atoms with Crippen LogP contribution in [0.25, 0.3) is 27.7 Å². The summed E-state index contributed by atoms with van der Waals surface area (Å²) < 4.78 is 25.8. The number of hydrogen-bond donors (Lipinski definition) is 2. The summed E-state index contributed by atoms with van der Waals surface area (Å²) in [4.78, 5) is 22.3. The van der Waals surface area contributed by atoms with Crippen LogP contribution in [0.2, 0.25) is 0 Å². The van der Waals surface area contributed by atoms with E-state index in [4.69, 9.17) is 14.9 Å². The van der Waals surface area contributed by atoms with Crippen LogP contribution in [0, 0.1) is 11.7 Å². The van der Waals surface area contributed by atoms with Crippen molar-refractivity contribution in [1.82, 2.24) is 9.97 Å². The summed E-state index contributed by atoms with van der Waals surface area (Å²) in [6.07, 6.45) is 8.18. The van der Waals surface area contributed by atoms with Crippen LogP contribution >= 0.6 is 0 Å². The zero-order valence-corrected chi connectivity index (χ0v) is 21.8. The normalized spacial score (nSPS) is 15.7. The molecule has 2 unspecified atom stereocenters. The van der Waals surface area contributed by atoms with E-state index in [-0.39, 0.29) is 22.7 Å². The summed E-state index contributed by atoms with van der Waals surface area (Å²) in [6.45, 7) is 6.75. The molecular weight excluding hydrogens is 495 g/mol.